The van der Waals surface area contributed by atoms with E-state index in [-0.39, 0.29) is 6.54 Å². The fourth-order valence-corrected chi connectivity index (χ4v) is 1.76. The first-order valence-corrected chi connectivity index (χ1v) is 6.18. The molecule has 3 nitrogen and oxygen atoms in total. The second-order valence-electron chi connectivity index (χ2n) is 4.52. The normalized spacial score (nSPS) is 12.4. The Bertz CT molecular complexity index is 646. The van der Waals surface area contributed by atoms with Crippen LogP contribution in [0.2, 0.25) is 0 Å². The molecule has 0 saturated carbocycles. The summed E-state index contributed by atoms with van der Waals surface area (Å²) < 4.78 is 37.3. The van der Waals surface area contributed by atoms with E-state index in [1.165, 1.54) is 12.1 Å². The van der Waals surface area contributed by atoms with E-state index in [1.807, 2.05) is 0 Å². The van der Waals surface area contributed by atoms with Crippen molar-refractivity contribution in [2.75, 3.05) is 5.73 Å². The zero-order chi connectivity index (χ0) is 15.5. The van der Waals surface area contributed by atoms with E-state index < -0.39 is 11.7 Å². The van der Waals surface area contributed by atoms with Gasteiger partial charge in [0.2, 0.25) is 0 Å². The van der Waals surface area contributed by atoms with Crippen LogP contribution in [0.4, 0.5) is 18.9 Å². The van der Waals surface area contributed by atoms with Gasteiger partial charge in [0.15, 0.2) is 0 Å². The van der Waals surface area contributed by atoms with Crippen LogP contribution in [0.5, 0.6) is 0 Å². The van der Waals surface area contributed by atoms with Crippen LogP contribution >= 0.6 is 0 Å². The van der Waals surface area contributed by atoms with Crippen LogP contribution in [0.1, 0.15) is 16.7 Å². The average Bonchev–Trinajstić information content (AvgIpc) is 2.44. The second-order valence-corrected chi connectivity index (χ2v) is 4.52. The summed E-state index contributed by atoms with van der Waals surface area (Å²) >= 11 is 0. The molecule has 2 rings (SSSR count). The fraction of sp³-hybridized carbons (Fsp3) is 0.133. The van der Waals surface area contributed by atoms with Crippen molar-refractivity contribution in [3.63, 3.8) is 0 Å². The predicted octanol–water partition coefficient (Wildman–Crippen LogP) is 3.19. The molecule has 2 aromatic carbocycles. The quantitative estimate of drug-likeness (QED) is 0.518. The lowest BCUT2D eigenvalue weighted by molar-refractivity contribution is -0.137. The van der Waals surface area contributed by atoms with E-state index in [1.54, 1.807) is 24.3 Å². The molecule has 0 spiro atoms. The van der Waals surface area contributed by atoms with Crippen molar-refractivity contribution in [1.29, 1.82) is 0 Å². The first-order valence-electron chi connectivity index (χ1n) is 6.18. The van der Waals surface area contributed by atoms with Crippen molar-refractivity contribution in [3.8, 4) is 0 Å². The van der Waals surface area contributed by atoms with Crippen LogP contribution in [0.3, 0.4) is 0 Å². The van der Waals surface area contributed by atoms with E-state index >= 15 is 0 Å². The van der Waals surface area contributed by atoms with Gasteiger partial charge in [-0.1, -0.05) is 24.3 Å². The molecular formula is C15H14F3N3. The molecule has 0 atom stereocenters. The lowest BCUT2D eigenvalue weighted by Gasteiger charge is -2.07. The number of rotatable bonds is 3. The number of aliphatic imine (C=N–C) groups is 1. The molecule has 0 unspecified atom stereocenters. The molecule has 0 saturated heterocycles. The van der Waals surface area contributed by atoms with Crippen LogP contribution in [-0.2, 0) is 12.7 Å². The Morgan fingerprint density at radius 2 is 1.71 bits per heavy atom. The zero-order valence-corrected chi connectivity index (χ0v) is 11.1. The van der Waals surface area contributed by atoms with Crippen molar-refractivity contribution in [3.05, 3.63) is 65.2 Å². The molecule has 0 heterocycles. The van der Waals surface area contributed by atoms with Crippen molar-refractivity contribution in [2.45, 2.75) is 12.7 Å². The summed E-state index contributed by atoms with van der Waals surface area (Å²) in [6.07, 6.45) is -4.33. The van der Waals surface area contributed by atoms with Gasteiger partial charge in [-0.25, -0.2) is 0 Å². The van der Waals surface area contributed by atoms with E-state index in [0.29, 0.717) is 22.6 Å². The largest absolute Gasteiger partial charge is 0.416 e. The number of anilines is 1. The molecule has 2 aromatic rings. The molecule has 110 valence electrons. The zero-order valence-electron chi connectivity index (χ0n) is 11.1. The minimum atomic E-state index is -4.33. The Morgan fingerprint density at radius 3 is 2.29 bits per heavy atom. The van der Waals surface area contributed by atoms with Gasteiger partial charge in [-0.2, -0.15) is 13.2 Å². The molecule has 0 radical (unpaired) electrons. The number of halogens is 3. The SMILES string of the molecule is NC(=NCc1ccc(C(F)(F)F)cc1)c1cccc(N)c1. The number of hydrogen-bond donors (Lipinski definition) is 2. The fourth-order valence-electron chi connectivity index (χ4n) is 1.76. The van der Waals surface area contributed by atoms with Crippen LogP contribution in [-0.4, -0.2) is 5.84 Å². The summed E-state index contributed by atoms with van der Waals surface area (Å²) in [6, 6.07) is 11.8. The molecule has 0 aliphatic rings. The Labute approximate surface area is 120 Å². The summed E-state index contributed by atoms with van der Waals surface area (Å²) in [4.78, 5) is 4.16. The molecule has 0 bridgehead atoms. The Balaban J connectivity index is 2.10. The van der Waals surface area contributed by atoms with Crippen molar-refractivity contribution >= 4 is 11.5 Å². The number of nitrogen functional groups attached to an aromatic ring is 1. The topological polar surface area (TPSA) is 64.4 Å². The van der Waals surface area contributed by atoms with Crippen LogP contribution in [0, 0.1) is 0 Å². The smallest absolute Gasteiger partial charge is 0.399 e. The van der Waals surface area contributed by atoms with Gasteiger partial charge in [0.25, 0.3) is 0 Å². The van der Waals surface area contributed by atoms with Crippen LogP contribution in [0.15, 0.2) is 53.5 Å². The number of nitrogens with zero attached hydrogens (tertiary/aromatic N) is 1. The first-order chi connectivity index (χ1) is 9.86. The van der Waals surface area contributed by atoms with E-state index in [4.69, 9.17) is 11.5 Å². The van der Waals surface area contributed by atoms with Crippen molar-refractivity contribution < 1.29 is 13.2 Å². The summed E-state index contributed by atoms with van der Waals surface area (Å²) in [7, 11) is 0. The number of amidine groups is 1. The minimum absolute atomic E-state index is 0.207. The number of alkyl halides is 3. The highest BCUT2D eigenvalue weighted by atomic mass is 19.4. The van der Waals surface area contributed by atoms with Gasteiger partial charge in [0.1, 0.15) is 5.84 Å². The number of nitrogens with two attached hydrogens (primary N) is 2. The third-order valence-electron chi connectivity index (χ3n) is 2.90. The van der Waals surface area contributed by atoms with E-state index in [9.17, 15) is 13.2 Å². The maximum atomic E-state index is 12.4. The highest BCUT2D eigenvalue weighted by molar-refractivity contribution is 5.98. The predicted molar refractivity (Wildman–Crippen MR) is 76.7 cm³/mol. The van der Waals surface area contributed by atoms with Gasteiger partial charge < -0.3 is 11.5 Å². The Kier molecular flexibility index (Phi) is 4.16. The summed E-state index contributed by atoms with van der Waals surface area (Å²) in [6.45, 7) is 0.207. The molecule has 0 aromatic heterocycles. The maximum absolute atomic E-state index is 12.4. The van der Waals surface area contributed by atoms with Crippen molar-refractivity contribution in [2.24, 2.45) is 10.7 Å². The van der Waals surface area contributed by atoms with Gasteiger partial charge >= 0.3 is 6.18 Å². The standard InChI is InChI=1S/C15H14F3N3/c16-15(17,18)12-6-4-10(5-7-12)9-21-14(20)11-2-1-3-13(19)8-11/h1-8H,9,19H2,(H2,20,21). The number of benzene rings is 2. The minimum Gasteiger partial charge on any atom is -0.399 e. The van der Waals surface area contributed by atoms with Crippen molar-refractivity contribution in [1.82, 2.24) is 0 Å². The Morgan fingerprint density at radius 1 is 1.05 bits per heavy atom. The van der Waals surface area contributed by atoms with Crippen LogP contribution in [0.25, 0.3) is 0 Å². The van der Waals surface area contributed by atoms with Gasteiger partial charge in [0.05, 0.1) is 12.1 Å². The Hall–Kier alpha value is -2.50. The van der Waals surface area contributed by atoms with Gasteiger partial charge in [-0.3, -0.25) is 4.99 Å². The molecule has 0 aliphatic carbocycles. The molecule has 4 N–H and O–H groups in total. The maximum Gasteiger partial charge on any atom is 0.416 e. The van der Waals surface area contributed by atoms with E-state index in [0.717, 1.165) is 12.1 Å². The molecule has 6 heteroatoms. The molecular weight excluding hydrogens is 279 g/mol. The van der Waals surface area contributed by atoms with E-state index in [2.05, 4.69) is 4.99 Å². The first kappa shape index (κ1) is 14.9. The number of hydrogen-bond acceptors (Lipinski definition) is 2. The lowest BCUT2D eigenvalue weighted by atomic mass is 10.1. The average molecular weight is 293 g/mol. The molecule has 0 amide bonds. The molecule has 0 aliphatic heterocycles. The van der Waals surface area contributed by atoms with Gasteiger partial charge in [0, 0.05) is 11.3 Å². The summed E-state index contributed by atoms with van der Waals surface area (Å²) in [5, 5.41) is 0. The van der Waals surface area contributed by atoms with Gasteiger partial charge in [-0.15, -0.1) is 0 Å². The second kappa shape index (κ2) is 5.87. The monoisotopic (exact) mass is 293 g/mol. The lowest BCUT2D eigenvalue weighted by Crippen LogP contribution is -2.14. The summed E-state index contributed by atoms with van der Waals surface area (Å²) in [5.41, 5.74) is 12.7. The third-order valence-corrected chi connectivity index (χ3v) is 2.90. The van der Waals surface area contributed by atoms with Gasteiger partial charge in [-0.05, 0) is 29.8 Å². The third kappa shape index (κ3) is 3.98. The highest BCUT2D eigenvalue weighted by Crippen LogP contribution is 2.29. The summed E-state index contributed by atoms with van der Waals surface area (Å²) in [5.74, 6) is 0.294. The highest BCUT2D eigenvalue weighted by Gasteiger charge is 2.29. The van der Waals surface area contributed by atoms with Crippen LogP contribution < -0.4 is 11.5 Å². The molecule has 21 heavy (non-hydrogen) atoms. The molecule has 0 fully saturated rings.